The molecule has 0 aromatic rings. The highest BCUT2D eigenvalue weighted by molar-refractivity contribution is 5.44. The topological polar surface area (TPSA) is 35.2 Å². The van der Waals surface area contributed by atoms with Gasteiger partial charge in [0.1, 0.15) is 0 Å². The summed E-state index contributed by atoms with van der Waals surface area (Å²) in [7, 11) is 0. The summed E-state index contributed by atoms with van der Waals surface area (Å²) in [6, 6.07) is 0.451. The minimum absolute atomic E-state index is 0.451. The van der Waals surface area contributed by atoms with E-state index in [-0.39, 0.29) is 0 Å². The average molecular weight is 259 g/mol. The van der Waals surface area contributed by atoms with Gasteiger partial charge in [0.25, 0.3) is 0 Å². The van der Waals surface area contributed by atoms with Crippen LogP contribution in [0.25, 0.3) is 0 Å². The molecule has 1 fully saturated rings. The zero-order valence-corrected chi connectivity index (χ0v) is 12.0. The third-order valence-electron chi connectivity index (χ3n) is 5.02. The fraction of sp³-hybridized carbons (Fsp3) is 0.647. The zero-order valence-electron chi connectivity index (χ0n) is 12.0. The maximum Gasteiger partial charge on any atom is 0.0863 e. The molecule has 0 aromatic carbocycles. The highest BCUT2D eigenvalue weighted by Crippen LogP contribution is 2.53. The van der Waals surface area contributed by atoms with E-state index < -0.39 is 0 Å². The molecule has 3 rings (SSSR count). The Bertz CT molecular complexity index is 436. The number of hydrogen-bond acceptors (Lipinski definition) is 2. The van der Waals surface area contributed by atoms with Crippen molar-refractivity contribution < 1.29 is 4.74 Å². The molecule has 2 heteroatoms. The van der Waals surface area contributed by atoms with Gasteiger partial charge in [0.15, 0.2) is 0 Å². The minimum Gasteiger partial charge on any atom is -0.501 e. The molecular weight excluding hydrogens is 234 g/mol. The maximum absolute atomic E-state index is 6.06. The van der Waals surface area contributed by atoms with Crippen molar-refractivity contribution in [3.8, 4) is 0 Å². The van der Waals surface area contributed by atoms with Gasteiger partial charge in [0.05, 0.1) is 12.9 Å². The SMILES string of the molecule is CCOC=C1C=CC2=C(C1)CC1(CCC(N)CC1)C2. The Balaban J connectivity index is 1.67. The first-order valence-corrected chi connectivity index (χ1v) is 7.66. The fourth-order valence-electron chi connectivity index (χ4n) is 3.90. The summed E-state index contributed by atoms with van der Waals surface area (Å²) in [6.45, 7) is 2.79. The molecule has 19 heavy (non-hydrogen) atoms. The molecule has 0 unspecified atom stereocenters. The van der Waals surface area contributed by atoms with Gasteiger partial charge in [0.2, 0.25) is 0 Å². The van der Waals surface area contributed by atoms with Gasteiger partial charge >= 0.3 is 0 Å². The smallest absolute Gasteiger partial charge is 0.0863 e. The van der Waals surface area contributed by atoms with E-state index in [0.717, 1.165) is 13.0 Å². The lowest BCUT2D eigenvalue weighted by Gasteiger charge is -2.36. The number of nitrogens with two attached hydrogens (primary N) is 1. The number of allylic oxidation sites excluding steroid dienone is 5. The number of ether oxygens (including phenoxy) is 1. The van der Waals surface area contributed by atoms with Gasteiger partial charge in [-0.3, -0.25) is 0 Å². The number of rotatable bonds is 2. The van der Waals surface area contributed by atoms with Crippen LogP contribution in [0.15, 0.2) is 35.1 Å². The molecule has 2 N–H and O–H groups in total. The van der Waals surface area contributed by atoms with Crippen LogP contribution in [0.4, 0.5) is 0 Å². The summed E-state index contributed by atoms with van der Waals surface area (Å²) in [5, 5.41) is 0. The summed E-state index contributed by atoms with van der Waals surface area (Å²) in [6.07, 6.45) is 15.2. The highest BCUT2D eigenvalue weighted by Gasteiger charge is 2.40. The second-order valence-corrected chi connectivity index (χ2v) is 6.48. The lowest BCUT2D eigenvalue weighted by atomic mass is 9.70. The first-order chi connectivity index (χ1) is 9.21. The molecule has 3 aliphatic carbocycles. The van der Waals surface area contributed by atoms with E-state index in [4.69, 9.17) is 10.5 Å². The highest BCUT2D eigenvalue weighted by atomic mass is 16.5. The van der Waals surface area contributed by atoms with Crippen molar-refractivity contribution in [1.82, 2.24) is 0 Å². The maximum atomic E-state index is 6.06. The van der Waals surface area contributed by atoms with Crippen LogP contribution in [-0.2, 0) is 4.74 Å². The zero-order chi connectivity index (χ0) is 13.3. The second-order valence-electron chi connectivity index (χ2n) is 6.48. The molecule has 0 aliphatic heterocycles. The standard InChI is InChI=1S/C17H25NO/c1-2-19-12-13-3-4-14-10-17(11-15(14)9-13)7-5-16(18)6-8-17/h3-4,12,16H,2,5-11,18H2,1H3. The van der Waals surface area contributed by atoms with Crippen LogP contribution in [0.1, 0.15) is 51.9 Å². The Morgan fingerprint density at radius 1 is 1.32 bits per heavy atom. The van der Waals surface area contributed by atoms with E-state index in [9.17, 15) is 0 Å². The van der Waals surface area contributed by atoms with Gasteiger partial charge in [0, 0.05) is 6.04 Å². The molecule has 0 bridgehead atoms. The predicted octanol–water partition coefficient (Wildman–Crippen LogP) is 3.84. The van der Waals surface area contributed by atoms with Crippen molar-refractivity contribution in [2.75, 3.05) is 6.61 Å². The van der Waals surface area contributed by atoms with Gasteiger partial charge in [-0.25, -0.2) is 0 Å². The summed E-state index contributed by atoms with van der Waals surface area (Å²) >= 11 is 0. The Kier molecular flexibility index (Phi) is 3.53. The first kappa shape index (κ1) is 13.0. The molecule has 104 valence electrons. The summed E-state index contributed by atoms with van der Waals surface area (Å²) in [5.74, 6) is 0. The van der Waals surface area contributed by atoms with E-state index in [2.05, 4.69) is 12.2 Å². The van der Waals surface area contributed by atoms with Crippen LogP contribution in [0.3, 0.4) is 0 Å². The largest absolute Gasteiger partial charge is 0.501 e. The van der Waals surface area contributed by atoms with E-state index in [1.54, 1.807) is 11.1 Å². The van der Waals surface area contributed by atoms with Crippen molar-refractivity contribution in [3.63, 3.8) is 0 Å². The Morgan fingerprint density at radius 2 is 2.11 bits per heavy atom. The van der Waals surface area contributed by atoms with Gasteiger partial charge in [-0.15, -0.1) is 0 Å². The van der Waals surface area contributed by atoms with Crippen LogP contribution in [-0.4, -0.2) is 12.6 Å². The summed E-state index contributed by atoms with van der Waals surface area (Å²) in [4.78, 5) is 0. The van der Waals surface area contributed by atoms with Crippen molar-refractivity contribution in [1.29, 1.82) is 0 Å². The number of hydrogen-bond donors (Lipinski definition) is 1. The lowest BCUT2D eigenvalue weighted by molar-refractivity contribution is 0.186. The van der Waals surface area contributed by atoms with Crippen LogP contribution in [0.2, 0.25) is 0 Å². The van der Waals surface area contributed by atoms with E-state index in [1.807, 2.05) is 13.2 Å². The molecule has 0 aromatic heterocycles. The molecule has 0 atom stereocenters. The molecule has 0 heterocycles. The quantitative estimate of drug-likeness (QED) is 0.765. The Labute approximate surface area is 116 Å². The van der Waals surface area contributed by atoms with E-state index in [0.29, 0.717) is 11.5 Å². The van der Waals surface area contributed by atoms with E-state index in [1.165, 1.54) is 44.1 Å². The van der Waals surface area contributed by atoms with Gasteiger partial charge < -0.3 is 10.5 Å². The Morgan fingerprint density at radius 3 is 2.84 bits per heavy atom. The van der Waals surface area contributed by atoms with Gasteiger partial charge in [-0.05, 0) is 68.4 Å². The lowest BCUT2D eigenvalue weighted by Crippen LogP contribution is -2.32. The minimum atomic E-state index is 0.451. The van der Waals surface area contributed by atoms with Crippen LogP contribution < -0.4 is 5.73 Å². The van der Waals surface area contributed by atoms with Crippen molar-refractivity contribution in [2.24, 2.45) is 11.1 Å². The molecule has 0 radical (unpaired) electrons. The third kappa shape index (κ3) is 2.64. The normalized spacial score (nSPS) is 36.1. The molecular formula is C17H25NO. The molecule has 1 spiro atoms. The van der Waals surface area contributed by atoms with Crippen molar-refractivity contribution in [3.05, 3.63) is 35.1 Å². The van der Waals surface area contributed by atoms with Gasteiger partial charge in [-0.1, -0.05) is 17.7 Å². The Hall–Kier alpha value is -1.02. The predicted molar refractivity (Wildman–Crippen MR) is 78.6 cm³/mol. The summed E-state index contributed by atoms with van der Waals surface area (Å²) in [5.41, 5.74) is 11.2. The second kappa shape index (κ2) is 5.16. The molecule has 2 nitrogen and oxygen atoms in total. The van der Waals surface area contributed by atoms with Crippen molar-refractivity contribution in [2.45, 2.75) is 57.9 Å². The first-order valence-electron chi connectivity index (χ1n) is 7.66. The average Bonchev–Trinajstić information content (AvgIpc) is 2.77. The van der Waals surface area contributed by atoms with Crippen molar-refractivity contribution >= 4 is 0 Å². The van der Waals surface area contributed by atoms with Crippen LogP contribution in [0.5, 0.6) is 0 Å². The molecule has 1 saturated carbocycles. The third-order valence-corrected chi connectivity index (χ3v) is 5.02. The molecule has 0 saturated heterocycles. The van der Waals surface area contributed by atoms with Gasteiger partial charge in [-0.2, -0.15) is 0 Å². The summed E-state index contributed by atoms with van der Waals surface area (Å²) < 4.78 is 5.42. The fourth-order valence-corrected chi connectivity index (χ4v) is 3.90. The molecule has 0 amide bonds. The van der Waals surface area contributed by atoms with Crippen LogP contribution >= 0.6 is 0 Å². The van der Waals surface area contributed by atoms with Crippen LogP contribution in [0, 0.1) is 5.41 Å². The molecule has 3 aliphatic rings. The van der Waals surface area contributed by atoms with E-state index >= 15 is 0 Å². The monoisotopic (exact) mass is 259 g/mol.